The Hall–Kier alpha value is -0.850. The SMILES string of the molecule is C=C1[C@H]2C=C[C@H](C2=O)[C@]12C[C@@H](C)[C@H]2C. The van der Waals surface area contributed by atoms with E-state index in [0.29, 0.717) is 11.7 Å². The second-order valence-corrected chi connectivity index (χ2v) is 5.28. The van der Waals surface area contributed by atoms with Crippen LogP contribution in [0.1, 0.15) is 20.3 Å². The van der Waals surface area contributed by atoms with E-state index < -0.39 is 0 Å². The van der Waals surface area contributed by atoms with Gasteiger partial charge in [0.2, 0.25) is 0 Å². The maximum atomic E-state index is 11.9. The van der Waals surface area contributed by atoms with Crippen LogP contribution in [0.3, 0.4) is 0 Å². The van der Waals surface area contributed by atoms with Crippen molar-refractivity contribution in [2.24, 2.45) is 29.1 Å². The molecule has 2 saturated carbocycles. The summed E-state index contributed by atoms with van der Waals surface area (Å²) in [4.78, 5) is 11.9. The molecule has 3 aliphatic carbocycles. The third kappa shape index (κ3) is 0.617. The van der Waals surface area contributed by atoms with Crippen molar-refractivity contribution in [3.8, 4) is 0 Å². The van der Waals surface area contributed by atoms with Crippen molar-refractivity contribution in [1.82, 2.24) is 0 Å². The van der Waals surface area contributed by atoms with Crippen LogP contribution in [0.25, 0.3) is 0 Å². The molecule has 1 heteroatoms. The zero-order chi connectivity index (χ0) is 10.1. The first-order chi connectivity index (χ1) is 6.59. The van der Waals surface area contributed by atoms with E-state index in [2.05, 4.69) is 32.6 Å². The van der Waals surface area contributed by atoms with Crippen molar-refractivity contribution in [3.63, 3.8) is 0 Å². The largest absolute Gasteiger partial charge is 0.298 e. The topological polar surface area (TPSA) is 17.1 Å². The van der Waals surface area contributed by atoms with Gasteiger partial charge in [0.25, 0.3) is 0 Å². The lowest BCUT2D eigenvalue weighted by atomic mass is 9.48. The van der Waals surface area contributed by atoms with Crippen molar-refractivity contribution in [3.05, 3.63) is 24.3 Å². The van der Waals surface area contributed by atoms with E-state index in [4.69, 9.17) is 0 Å². The highest BCUT2D eigenvalue weighted by Gasteiger charge is 2.64. The highest BCUT2D eigenvalue weighted by atomic mass is 16.1. The van der Waals surface area contributed by atoms with Gasteiger partial charge in [-0.1, -0.05) is 38.2 Å². The third-order valence-corrected chi connectivity index (χ3v) is 4.96. The summed E-state index contributed by atoms with van der Waals surface area (Å²) >= 11 is 0. The van der Waals surface area contributed by atoms with Crippen LogP contribution in [0, 0.1) is 29.1 Å². The molecule has 0 saturated heterocycles. The van der Waals surface area contributed by atoms with E-state index >= 15 is 0 Å². The van der Waals surface area contributed by atoms with Crippen LogP contribution in [-0.2, 0) is 4.79 Å². The van der Waals surface area contributed by atoms with Crippen LogP contribution < -0.4 is 0 Å². The number of carbonyl (C=O) groups excluding carboxylic acids is 1. The summed E-state index contributed by atoms with van der Waals surface area (Å²) in [6, 6.07) is 0. The van der Waals surface area contributed by atoms with Gasteiger partial charge >= 0.3 is 0 Å². The van der Waals surface area contributed by atoms with Gasteiger partial charge in [0.05, 0.1) is 5.92 Å². The fourth-order valence-corrected chi connectivity index (χ4v) is 3.88. The Labute approximate surface area is 84.9 Å². The molecule has 2 bridgehead atoms. The molecule has 74 valence electrons. The van der Waals surface area contributed by atoms with E-state index in [9.17, 15) is 4.79 Å². The first kappa shape index (κ1) is 8.46. The van der Waals surface area contributed by atoms with E-state index in [1.807, 2.05) is 0 Å². The molecule has 5 atom stereocenters. The molecular formula is C13H16O. The second-order valence-electron chi connectivity index (χ2n) is 5.28. The molecule has 1 nitrogen and oxygen atoms in total. The average Bonchev–Trinajstić information content (AvgIpc) is 2.62. The van der Waals surface area contributed by atoms with Crippen molar-refractivity contribution in [1.29, 1.82) is 0 Å². The van der Waals surface area contributed by atoms with Crippen LogP contribution in [-0.4, -0.2) is 5.78 Å². The van der Waals surface area contributed by atoms with Gasteiger partial charge in [0.15, 0.2) is 5.78 Å². The normalized spacial score (nSPS) is 54.4. The van der Waals surface area contributed by atoms with E-state index in [1.54, 1.807) is 0 Å². The Bertz CT molecular complexity index is 365. The van der Waals surface area contributed by atoms with Gasteiger partial charge < -0.3 is 0 Å². The lowest BCUT2D eigenvalue weighted by molar-refractivity contribution is -0.124. The molecule has 3 aliphatic rings. The van der Waals surface area contributed by atoms with Crippen molar-refractivity contribution >= 4 is 5.78 Å². The van der Waals surface area contributed by atoms with Gasteiger partial charge in [-0.25, -0.2) is 0 Å². The predicted molar refractivity (Wildman–Crippen MR) is 55.6 cm³/mol. The number of allylic oxidation sites excluding steroid dienone is 3. The minimum atomic E-state index is 0.0648. The molecular weight excluding hydrogens is 172 g/mol. The molecule has 2 fully saturated rings. The van der Waals surface area contributed by atoms with Crippen molar-refractivity contribution in [2.45, 2.75) is 20.3 Å². The van der Waals surface area contributed by atoms with Gasteiger partial charge in [0, 0.05) is 11.3 Å². The van der Waals surface area contributed by atoms with Gasteiger partial charge in [0.1, 0.15) is 0 Å². The van der Waals surface area contributed by atoms with Crippen LogP contribution in [0.5, 0.6) is 0 Å². The molecule has 0 aromatic carbocycles. The molecule has 0 radical (unpaired) electrons. The standard InChI is InChI=1S/C13H16O/c1-7-6-13(8(7)2)9(3)10-4-5-11(13)12(10)14/h4-5,7-8,10-11H,3,6H2,1-2H3/t7-,8-,10-,11-,13+/m1/s1. The molecule has 1 spiro atoms. The quantitative estimate of drug-likeness (QED) is 0.534. The monoisotopic (exact) mass is 188 g/mol. The molecule has 0 N–H and O–H groups in total. The molecule has 0 aromatic rings. The summed E-state index contributed by atoms with van der Waals surface area (Å²) in [6.45, 7) is 8.74. The van der Waals surface area contributed by atoms with Gasteiger partial charge in [-0.15, -0.1) is 0 Å². The lowest BCUT2D eigenvalue weighted by Crippen LogP contribution is -2.49. The highest BCUT2D eigenvalue weighted by molar-refractivity contribution is 5.97. The first-order valence-electron chi connectivity index (χ1n) is 5.50. The Balaban J connectivity index is 2.08. The number of carbonyl (C=O) groups is 1. The summed E-state index contributed by atoms with van der Waals surface area (Å²) in [5.74, 6) is 2.04. The molecule has 0 amide bonds. The van der Waals surface area contributed by atoms with Crippen molar-refractivity contribution in [2.75, 3.05) is 0 Å². The number of Topliss-reactive ketones (excluding diaryl/α,β-unsaturated/α-hetero) is 1. The minimum absolute atomic E-state index is 0.0648. The number of rotatable bonds is 0. The van der Waals surface area contributed by atoms with Gasteiger partial charge in [-0.05, 0) is 18.3 Å². The Morgan fingerprint density at radius 3 is 2.57 bits per heavy atom. The average molecular weight is 188 g/mol. The minimum Gasteiger partial charge on any atom is -0.298 e. The second kappa shape index (κ2) is 2.21. The Morgan fingerprint density at radius 2 is 2.14 bits per heavy atom. The van der Waals surface area contributed by atoms with Crippen molar-refractivity contribution < 1.29 is 4.79 Å². The van der Waals surface area contributed by atoms with E-state index in [1.165, 1.54) is 12.0 Å². The fourth-order valence-electron chi connectivity index (χ4n) is 3.88. The molecule has 3 rings (SSSR count). The summed E-state index contributed by atoms with van der Waals surface area (Å²) < 4.78 is 0. The van der Waals surface area contributed by atoms with E-state index in [0.717, 1.165) is 5.92 Å². The molecule has 0 aromatic heterocycles. The molecule has 0 unspecified atom stereocenters. The van der Waals surface area contributed by atoms with Gasteiger partial charge in [-0.2, -0.15) is 0 Å². The summed E-state index contributed by atoms with van der Waals surface area (Å²) in [5, 5.41) is 0. The number of ketones is 1. The zero-order valence-electron chi connectivity index (χ0n) is 8.79. The number of fused-ring (bicyclic) bond motifs is 3. The predicted octanol–water partition coefficient (Wildman–Crippen LogP) is 2.59. The maximum Gasteiger partial charge on any atom is 0.151 e. The zero-order valence-corrected chi connectivity index (χ0v) is 8.79. The highest BCUT2D eigenvalue weighted by Crippen LogP contribution is 2.67. The number of hydrogen-bond acceptors (Lipinski definition) is 1. The molecule has 14 heavy (non-hydrogen) atoms. The van der Waals surface area contributed by atoms with E-state index in [-0.39, 0.29) is 17.3 Å². The van der Waals surface area contributed by atoms with Crippen LogP contribution >= 0.6 is 0 Å². The summed E-state index contributed by atoms with van der Waals surface area (Å²) in [5.41, 5.74) is 1.37. The number of hydrogen-bond donors (Lipinski definition) is 0. The van der Waals surface area contributed by atoms with Gasteiger partial charge in [-0.3, -0.25) is 4.79 Å². The summed E-state index contributed by atoms with van der Waals surface area (Å²) in [6.07, 6.45) is 5.35. The molecule has 0 aliphatic heterocycles. The third-order valence-electron chi connectivity index (χ3n) is 4.96. The van der Waals surface area contributed by atoms with Crippen LogP contribution in [0.2, 0.25) is 0 Å². The Morgan fingerprint density at radius 1 is 1.43 bits per heavy atom. The fraction of sp³-hybridized carbons (Fsp3) is 0.615. The first-order valence-corrected chi connectivity index (χ1v) is 5.50. The maximum absolute atomic E-state index is 11.9. The molecule has 0 heterocycles. The smallest absolute Gasteiger partial charge is 0.151 e. The summed E-state index contributed by atoms with van der Waals surface area (Å²) in [7, 11) is 0. The Kier molecular flexibility index (Phi) is 1.33. The van der Waals surface area contributed by atoms with Crippen LogP contribution in [0.4, 0.5) is 0 Å². The lowest BCUT2D eigenvalue weighted by Gasteiger charge is -2.55. The van der Waals surface area contributed by atoms with Crippen LogP contribution in [0.15, 0.2) is 24.3 Å².